The fourth-order valence-corrected chi connectivity index (χ4v) is 4.15. The summed E-state index contributed by atoms with van der Waals surface area (Å²) in [5.41, 5.74) is 0. The van der Waals surface area contributed by atoms with Crippen molar-refractivity contribution in [2.75, 3.05) is 31.1 Å². The van der Waals surface area contributed by atoms with Crippen molar-refractivity contribution in [1.82, 2.24) is 16.0 Å². The maximum atomic E-state index is 11.5. The molecule has 98 valence electrons. The molecule has 6 nitrogen and oxygen atoms in total. The molecule has 2 unspecified atom stereocenters. The number of hydrogen-bond acceptors (Lipinski definition) is 4. The van der Waals surface area contributed by atoms with Crippen LogP contribution in [0, 0.1) is 5.92 Å². The topological polar surface area (TPSA) is 87.3 Å². The zero-order chi connectivity index (χ0) is 12.3. The third kappa shape index (κ3) is 3.85. The Morgan fingerprint density at radius 3 is 2.76 bits per heavy atom. The monoisotopic (exact) mass is 261 g/mol. The van der Waals surface area contributed by atoms with Crippen LogP contribution in [0.25, 0.3) is 0 Å². The van der Waals surface area contributed by atoms with Crippen molar-refractivity contribution in [2.24, 2.45) is 5.92 Å². The Bertz CT molecular complexity index is 376. The third-order valence-corrected chi connectivity index (χ3v) is 5.11. The predicted octanol–water partition coefficient (Wildman–Crippen LogP) is -0.918. The average Bonchev–Trinajstić information content (AvgIpc) is 2.85. The van der Waals surface area contributed by atoms with Crippen molar-refractivity contribution in [1.29, 1.82) is 0 Å². The second-order valence-corrected chi connectivity index (χ2v) is 7.04. The summed E-state index contributed by atoms with van der Waals surface area (Å²) >= 11 is 0. The first-order valence-electron chi connectivity index (χ1n) is 6.01. The normalized spacial score (nSPS) is 31.3. The Balaban J connectivity index is 1.66. The van der Waals surface area contributed by atoms with Gasteiger partial charge < -0.3 is 16.0 Å². The van der Waals surface area contributed by atoms with Gasteiger partial charge in [0.05, 0.1) is 11.5 Å². The van der Waals surface area contributed by atoms with E-state index in [-0.39, 0.29) is 29.5 Å². The molecule has 2 heterocycles. The fraction of sp³-hybridized carbons (Fsp3) is 0.900. The predicted molar refractivity (Wildman–Crippen MR) is 64.6 cm³/mol. The molecule has 2 fully saturated rings. The van der Waals surface area contributed by atoms with Gasteiger partial charge in [0.1, 0.15) is 0 Å². The first kappa shape index (κ1) is 12.6. The molecule has 0 aromatic rings. The highest BCUT2D eigenvalue weighted by Gasteiger charge is 2.28. The van der Waals surface area contributed by atoms with Crippen LogP contribution < -0.4 is 16.0 Å². The second kappa shape index (κ2) is 5.22. The van der Waals surface area contributed by atoms with Crippen molar-refractivity contribution in [3.63, 3.8) is 0 Å². The number of hydrogen-bond donors (Lipinski definition) is 3. The minimum atomic E-state index is -2.85. The van der Waals surface area contributed by atoms with Crippen LogP contribution in [0.15, 0.2) is 0 Å². The summed E-state index contributed by atoms with van der Waals surface area (Å²) in [6.07, 6.45) is 1.61. The lowest BCUT2D eigenvalue weighted by molar-refractivity contribution is 0.236. The van der Waals surface area contributed by atoms with Crippen LogP contribution in [0.4, 0.5) is 4.79 Å². The van der Waals surface area contributed by atoms with Gasteiger partial charge in [-0.2, -0.15) is 0 Å². The van der Waals surface area contributed by atoms with Crippen LogP contribution in [0.2, 0.25) is 0 Å². The number of amides is 2. The van der Waals surface area contributed by atoms with E-state index < -0.39 is 9.84 Å². The van der Waals surface area contributed by atoms with Crippen molar-refractivity contribution >= 4 is 15.9 Å². The quantitative estimate of drug-likeness (QED) is 0.613. The first-order valence-corrected chi connectivity index (χ1v) is 7.83. The standard InChI is InChI=1S/C10H19N3O3S/c14-10(13-9-1-3-11-6-9)12-5-8-2-4-17(15,16)7-8/h8-9,11H,1-7H2,(H2,12,13,14). The van der Waals surface area contributed by atoms with Gasteiger partial charge in [-0.3, -0.25) is 0 Å². The SMILES string of the molecule is O=C(NCC1CCS(=O)(=O)C1)NC1CCNC1. The van der Waals surface area contributed by atoms with Crippen LogP contribution in [0.1, 0.15) is 12.8 Å². The average molecular weight is 261 g/mol. The molecule has 0 aliphatic carbocycles. The zero-order valence-corrected chi connectivity index (χ0v) is 10.6. The van der Waals surface area contributed by atoms with Crippen molar-refractivity contribution in [3.8, 4) is 0 Å². The highest BCUT2D eigenvalue weighted by atomic mass is 32.2. The summed E-state index contributed by atoms with van der Waals surface area (Å²) in [5.74, 6) is 0.540. The van der Waals surface area contributed by atoms with Gasteiger partial charge in [-0.05, 0) is 25.3 Å². The summed E-state index contributed by atoms with van der Waals surface area (Å²) in [6.45, 7) is 2.20. The smallest absolute Gasteiger partial charge is 0.315 e. The number of urea groups is 1. The molecule has 2 aliphatic rings. The van der Waals surface area contributed by atoms with Gasteiger partial charge in [0.2, 0.25) is 0 Å². The molecule has 0 saturated carbocycles. The highest BCUT2D eigenvalue weighted by Crippen LogP contribution is 2.17. The van der Waals surface area contributed by atoms with Gasteiger partial charge in [-0.25, -0.2) is 13.2 Å². The molecular formula is C10H19N3O3S. The molecule has 0 aromatic heterocycles. The molecule has 7 heteroatoms. The fourth-order valence-electron chi connectivity index (χ4n) is 2.28. The summed E-state index contributed by atoms with van der Waals surface area (Å²) in [4.78, 5) is 11.5. The maximum absolute atomic E-state index is 11.5. The van der Waals surface area contributed by atoms with Crippen LogP contribution in [-0.4, -0.2) is 51.6 Å². The van der Waals surface area contributed by atoms with Gasteiger partial charge in [-0.1, -0.05) is 0 Å². The number of sulfone groups is 1. The summed E-state index contributed by atoms with van der Waals surface area (Å²) in [7, 11) is -2.85. The zero-order valence-electron chi connectivity index (χ0n) is 9.74. The lowest BCUT2D eigenvalue weighted by Gasteiger charge is -2.14. The molecule has 17 heavy (non-hydrogen) atoms. The van der Waals surface area contributed by atoms with Gasteiger partial charge in [-0.15, -0.1) is 0 Å². The highest BCUT2D eigenvalue weighted by molar-refractivity contribution is 7.91. The van der Waals surface area contributed by atoms with Gasteiger partial charge >= 0.3 is 6.03 Å². The van der Waals surface area contributed by atoms with E-state index in [9.17, 15) is 13.2 Å². The van der Waals surface area contributed by atoms with E-state index in [2.05, 4.69) is 16.0 Å². The minimum Gasteiger partial charge on any atom is -0.338 e. The lowest BCUT2D eigenvalue weighted by atomic mass is 10.1. The van der Waals surface area contributed by atoms with E-state index >= 15 is 0 Å². The van der Waals surface area contributed by atoms with Crippen LogP contribution in [0.3, 0.4) is 0 Å². The Kier molecular flexibility index (Phi) is 3.88. The molecule has 3 N–H and O–H groups in total. The summed E-state index contributed by atoms with van der Waals surface area (Å²) < 4.78 is 22.5. The van der Waals surface area contributed by atoms with E-state index in [1.165, 1.54) is 0 Å². The van der Waals surface area contributed by atoms with Crippen LogP contribution in [0.5, 0.6) is 0 Å². The van der Waals surface area contributed by atoms with Gasteiger partial charge in [0, 0.05) is 19.1 Å². The van der Waals surface area contributed by atoms with Crippen LogP contribution >= 0.6 is 0 Å². The van der Waals surface area contributed by atoms with E-state index in [0.29, 0.717) is 13.0 Å². The second-order valence-electron chi connectivity index (χ2n) is 4.81. The van der Waals surface area contributed by atoms with E-state index in [0.717, 1.165) is 19.5 Å². The Morgan fingerprint density at radius 1 is 1.35 bits per heavy atom. The first-order chi connectivity index (χ1) is 8.05. The molecular weight excluding hydrogens is 242 g/mol. The third-order valence-electron chi connectivity index (χ3n) is 3.27. The Labute approximate surface area is 101 Å². The van der Waals surface area contributed by atoms with E-state index in [4.69, 9.17) is 0 Å². The molecule has 0 radical (unpaired) electrons. The Hall–Kier alpha value is -0.820. The van der Waals surface area contributed by atoms with E-state index in [1.54, 1.807) is 0 Å². The molecule has 0 aromatic carbocycles. The van der Waals surface area contributed by atoms with Gasteiger partial charge in [0.25, 0.3) is 0 Å². The summed E-state index contributed by atoms with van der Waals surface area (Å²) in [6, 6.07) is 0.00492. The van der Waals surface area contributed by atoms with Crippen molar-refractivity contribution in [3.05, 3.63) is 0 Å². The molecule has 0 bridgehead atoms. The largest absolute Gasteiger partial charge is 0.338 e. The number of carbonyl (C=O) groups is 1. The number of carbonyl (C=O) groups excluding carboxylic acids is 1. The van der Waals surface area contributed by atoms with Gasteiger partial charge in [0.15, 0.2) is 9.84 Å². The van der Waals surface area contributed by atoms with Crippen molar-refractivity contribution in [2.45, 2.75) is 18.9 Å². The molecule has 2 rings (SSSR count). The molecule has 2 amide bonds. The summed E-state index contributed by atoms with van der Waals surface area (Å²) in [5, 5.41) is 8.77. The molecule has 2 saturated heterocycles. The molecule has 2 aliphatic heterocycles. The number of rotatable bonds is 3. The minimum absolute atomic E-state index is 0.0763. The maximum Gasteiger partial charge on any atom is 0.315 e. The Morgan fingerprint density at radius 2 is 2.18 bits per heavy atom. The molecule has 2 atom stereocenters. The van der Waals surface area contributed by atoms with Crippen LogP contribution in [-0.2, 0) is 9.84 Å². The number of nitrogens with one attached hydrogen (secondary N) is 3. The molecule has 0 spiro atoms. The lowest BCUT2D eigenvalue weighted by Crippen LogP contribution is -2.44. The van der Waals surface area contributed by atoms with Crippen molar-refractivity contribution < 1.29 is 13.2 Å². The van der Waals surface area contributed by atoms with E-state index in [1.807, 2.05) is 0 Å².